The third kappa shape index (κ3) is 1.67. The van der Waals surface area contributed by atoms with Crippen LogP contribution in [0.1, 0.15) is 42.7 Å². The average molecular weight is 230 g/mol. The van der Waals surface area contributed by atoms with Crippen LogP contribution in [0.25, 0.3) is 0 Å². The highest BCUT2D eigenvalue weighted by Gasteiger charge is 2.37. The molecule has 1 fully saturated rings. The second-order valence-corrected chi connectivity index (χ2v) is 5.14. The summed E-state index contributed by atoms with van der Waals surface area (Å²) in [5.41, 5.74) is 2.71. The number of ketones is 1. The van der Waals surface area contributed by atoms with E-state index >= 15 is 0 Å². The van der Waals surface area contributed by atoms with Crippen LogP contribution in [0.2, 0.25) is 0 Å². The second-order valence-electron chi connectivity index (χ2n) is 5.14. The van der Waals surface area contributed by atoms with E-state index in [-0.39, 0.29) is 5.92 Å². The molecular weight excluding hydrogens is 212 g/mol. The van der Waals surface area contributed by atoms with Crippen molar-refractivity contribution in [2.24, 2.45) is 5.92 Å². The zero-order valence-electron chi connectivity index (χ0n) is 10.2. The van der Waals surface area contributed by atoms with Gasteiger partial charge in [0.2, 0.25) is 0 Å². The molecule has 17 heavy (non-hydrogen) atoms. The maximum absolute atomic E-state index is 12.0. The highest BCUT2D eigenvalue weighted by molar-refractivity contribution is 5.83. The standard InChI is InChI=1S/C15H18O2/c1-17-15-7-3-5-11-10-4-2-6-14(16)12(10)8-9-13(11)15/h3,5,7,10,12H,2,4,6,8-9H2,1H3. The molecule has 90 valence electrons. The third-order valence-corrected chi connectivity index (χ3v) is 4.33. The Morgan fingerprint density at radius 3 is 2.88 bits per heavy atom. The summed E-state index contributed by atoms with van der Waals surface area (Å²) >= 11 is 0. The third-order valence-electron chi connectivity index (χ3n) is 4.33. The van der Waals surface area contributed by atoms with Crippen LogP contribution in [-0.2, 0) is 11.2 Å². The van der Waals surface area contributed by atoms with Gasteiger partial charge in [-0.15, -0.1) is 0 Å². The minimum Gasteiger partial charge on any atom is -0.496 e. The fraction of sp³-hybridized carbons (Fsp3) is 0.533. The molecule has 0 aromatic heterocycles. The highest BCUT2D eigenvalue weighted by atomic mass is 16.5. The van der Waals surface area contributed by atoms with Crippen molar-refractivity contribution in [3.63, 3.8) is 0 Å². The van der Waals surface area contributed by atoms with E-state index < -0.39 is 0 Å². The van der Waals surface area contributed by atoms with Gasteiger partial charge in [-0.05, 0) is 48.8 Å². The van der Waals surface area contributed by atoms with Crippen molar-refractivity contribution >= 4 is 5.78 Å². The summed E-state index contributed by atoms with van der Waals surface area (Å²) in [7, 11) is 1.73. The second kappa shape index (κ2) is 4.17. The predicted molar refractivity (Wildman–Crippen MR) is 66.4 cm³/mol. The molecule has 0 aliphatic heterocycles. The molecule has 2 heteroatoms. The van der Waals surface area contributed by atoms with Crippen LogP contribution >= 0.6 is 0 Å². The van der Waals surface area contributed by atoms with Crippen LogP contribution < -0.4 is 4.74 Å². The van der Waals surface area contributed by atoms with Crippen LogP contribution in [0, 0.1) is 5.92 Å². The number of methoxy groups -OCH3 is 1. The molecule has 1 aromatic rings. The van der Waals surface area contributed by atoms with Crippen molar-refractivity contribution in [2.45, 2.75) is 38.0 Å². The fourth-order valence-electron chi connectivity index (χ4n) is 3.53. The maximum atomic E-state index is 12.0. The van der Waals surface area contributed by atoms with Crippen molar-refractivity contribution in [1.82, 2.24) is 0 Å². The molecule has 3 rings (SSSR count). The number of Topliss-reactive ketones (excluding diaryl/α,β-unsaturated/α-hetero) is 1. The number of carbonyl (C=O) groups excluding carboxylic acids is 1. The van der Waals surface area contributed by atoms with E-state index in [1.54, 1.807) is 7.11 Å². The first-order chi connectivity index (χ1) is 8.31. The Kier molecular flexibility index (Phi) is 2.65. The summed E-state index contributed by atoms with van der Waals surface area (Å²) in [6, 6.07) is 6.27. The molecule has 2 aliphatic carbocycles. The lowest BCUT2D eigenvalue weighted by atomic mass is 9.67. The molecule has 2 aliphatic rings. The number of ether oxygens (including phenoxy) is 1. The van der Waals surface area contributed by atoms with Gasteiger partial charge in [0, 0.05) is 12.3 Å². The Morgan fingerprint density at radius 1 is 1.18 bits per heavy atom. The molecule has 0 heterocycles. The Hall–Kier alpha value is -1.31. The monoisotopic (exact) mass is 230 g/mol. The summed E-state index contributed by atoms with van der Waals surface area (Å²) in [6.07, 6.45) is 5.01. The summed E-state index contributed by atoms with van der Waals surface area (Å²) in [6.45, 7) is 0. The first-order valence-electron chi connectivity index (χ1n) is 6.49. The molecule has 2 atom stereocenters. The van der Waals surface area contributed by atoms with Crippen LogP contribution in [0.3, 0.4) is 0 Å². The molecule has 2 nitrogen and oxygen atoms in total. The molecule has 0 amide bonds. The van der Waals surface area contributed by atoms with E-state index in [1.807, 2.05) is 6.07 Å². The van der Waals surface area contributed by atoms with Gasteiger partial charge in [0.05, 0.1) is 7.11 Å². The SMILES string of the molecule is COc1cccc2c1CCC1C(=O)CCCC21. The summed E-state index contributed by atoms with van der Waals surface area (Å²) in [4.78, 5) is 12.0. The van der Waals surface area contributed by atoms with E-state index in [9.17, 15) is 4.79 Å². The Bertz CT molecular complexity index is 450. The molecule has 0 N–H and O–H groups in total. The minimum atomic E-state index is 0.281. The first kappa shape index (κ1) is 10.8. The van der Waals surface area contributed by atoms with Gasteiger partial charge in [0.15, 0.2) is 0 Å². The van der Waals surface area contributed by atoms with Gasteiger partial charge in [0.25, 0.3) is 0 Å². The van der Waals surface area contributed by atoms with Crippen LogP contribution in [0.4, 0.5) is 0 Å². The Labute approximate surface area is 102 Å². The van der Waals surface area contributed by atoms with Crippen molar-refractivity contribution in [1.29, 1.82) is 0 Å². The van der Waals surface area contributed by atoms with Gasteiger partial charge < -0.3 is 4.74 Å². The molecular formula is C15H18O2. The van der Waals surface area contributed by atoms with Crippen LogP contribution in [0.5, 0.6) is 5.75 Å². The summed E-state index contributed by atoms with van der Waals surface area (Å²) in [5, 5.41) is 0. The maximum Gasteiger partial charge on any atom is 0.136 e. The molecule has 1 saturated carbocycles. The highest BCUT2D eigenvalue weighted by Crippen LogP contribution is 2.45. The zero-order chi connectivity index (χ0) is 11.8. The Morgan fingerprint density at radius 2 is 2.06 bits per heavy atom. The average Bonchev–Trinajstić information content (AvgIpc) is 2.38. The van der Waals surface area contributed by atoms with Crippen molar-refractivity contribution in [3.05, 3.63) is 29.3 Å². The smallest absolute Gasteiger partial charge is 0.136 e. The summed E-state index contributed by atoms with van der Waals surface area (Å²) in [5.74, 6) is 2.21. The van der Waals surface area contributed by atoms with Crippen LogP contribution in [-0.4, -0.2) is 12.9 Å². The van der Waals surface area contributed by atoms with Gasteiger partial charge in [-0.1, -0.05) is 12.1 Å². The Balaban J connectivity index is 2.04. The molecule has 0 saturated heterocycles. The zero-order valence-corrected chi connectivity index (χ0v) is 10.2. The van der Waals surface area contributed by atoms with Gasteiger partial charge in [-0.3, -0.25) is 4.79 Å². The lowest BCUT2D eigenvalue weighted by Crippen LogP contribution is -2.31. The largest absolute Gasteiger partial charge is 0.496 e. The number of hydrogen-bond donors (Lipinski definition) is 0. The van der Waals surface area contributed by atoms with Gasteiger partial charge in [-0.25, -0.2) is 0 Å². The minimum absolute atomic E-state index is 0.281. The topological polar surface area (TPSA) is 26.3 Å². The van der Waals surface area contributed by atoms with E-state index in [1.165, 1.54) is 11.1 Å². The molecule has 0 spiro atoms. The molecule has 0 bridgehead atoms. The van der Waals surface area contributed by atoms with Gasteiger partial charge in [0.1, 0.15) is 11.5 Å². The number of fused-ring (bicyclic) bond motifs is 3. The molecule has 2 unspecified atom stereocenters. The molecule has 0 radical (unpaired) electrons. The number of rotatable bonds is 1. The fourth-order valence-corrected chi connectivity index (χ4v) is 3.53. The van der Waals surface area contributed by atoms with E-state index in [2.05, 4.69) is 12.1 Å². The lowest BCUT2D eigenvalue weighted by molar-refractivity contribution is -0.125. The van der Waals surface area contributed by atoms with E-state index in [4.69, 9.17) is 4.74 Å². The number of carbonyl (C=O) groups is 1. The van der Waals surface area contributed by atoms with E-state index in [0.29, 0.717) is 11.7 Å². The van der Waals surface area contributed by atoms with Crippen molar-refractivity contribution < 1.29 is 9.53 Å². The lowest BCUT2D eigenvalue weighted by Gasteiger charge is -2.36. The number of benzene rings is 1. The predicted octanol–water partition coefficient (Wildman–Crippen LogP) is 3.09. The van der Waals surface area contributed by atoms with Crippen LogP contribution in [0.15, 0.2) is 18.2 Å². The van der Waals surface area contributed by atoms with Gasteiger partial charge >= 0.3 is 0 Å². The quantitative estimate of drug-likeness (QED) is 0.741. The first-order valence-corrected chi connectivity index (χ1v) is 6.49. The number of hydrogen-bond acceptors (Lipinski definition) is 2. The summed E-state index contributed by atoms with van der Waals surface area (Å²) < 4.78 is 5.43. The van der Waals surface area contributed by atoms with Crippen molar-refractivity contribution in [3.8, 4) is 5.75 Å². The van der Waals surface area contributed by atoms with Crippen molar-refractivity contribution in [2.75, 3.05) is 7.11 Å². The van der Waals surface area contributed by atoms with E-state index in [0.717, 1.165) is 37.9 Å². The van der Waals surface area contributed by atoms with Gasteiger partial charge in [-0.2, -0.15) is 0 Å². The molecule has 1 aromatic carbocycles. The normalized spacial score (nSPS) is 27.2.